The van der Waals surface area contributed by atoms with Crippen LogP contribution in [0.2, 0.25) is 0 Å². The molecule has 1 unspecified atom stereocenters. The summed E-state index contributed by atoms with van der Waals surface area (Å²) in [6, 6.07) is 15.2. The summed E-state index contributed by atoms with van der Waals surface area (Å²) in [7, 11) is 0. The van der Waals surface area contributed by atoms with Crippen molar-refractivity contribution in [3.63, 3.8) is 0 Å². The first-order valence-electron chi connectivity index (χ1n) is 8.90. The van der Waals surface area contributed by atoms with Crippen LogP contribution in [0.3, 0.4) is 0 Å². The van der Waals surface area contributed by atoms with Gasteiger partial charge in [0.25, 0.3) is 0 Å². The molecule has 0 fully saturated rings. The average Bonchev–Trinajstić information content (AvgIpc) is 2.91. The van der Waals surface area contributed by atoms with Gasteiger partial charge in [0.15, 0.2) is 0 Å². The standard InChI is InChI=1S/C21H25FN2OS2/c1-14-11-17-12-16(15(2)23-27(25)21(3,4)5)13-19(22)20(17)24(14)26-18-9-7-6-8-10-18/h6-13,15,23H,1-5H3/t15-,27?/m1/s1. The van der Waals surface area contributed by atoms with Crippen molar-refractivity contribution in [1.29, 1.82) is 0 Å². The highest BCUT2D eigenvalue weighted by Gasteiger charge is 2.28. The molecule has 3 aromatic rings. The summed E-state index contributed by atoms with van der Waals surface area (Å²) in [5.74, 6) is -0.269. The normalized spacial score (nSPS) is 14.5. The Morgan fingerprint density at radius 1 is 1.15 bits per heavy atom. The number of aromatic nitrogens is 1. The van der Waals surface area contributed by atoms with Crippen molar-refractivity contribution in [1.82, 2.24) is 8.69 Å². The van der Waals surface area contributed by atoms with Gasteiger partial charge in [0.05, 0.1) is 11.6 Å². The van der Waals surface area contributed by atoms with E-state index in [1.165, 1.54) is 11.9 Å². The van der Waals surface area contributed by atoms with E-state index in [2.05, 4.69) is 4.72 Å². The van der Waals surface area contributed by atoms with Gasteiger partial charge in [-0.05, 0) is 82.5 Å². The Balaban J connectivity index is 1.94. The van der Waals surface area contributed by atoms with Crippen molar-refractivity contribution in [3.8, 4) is 0 Å². The second kappa shape index (κ2) is 7.87. The molecule has 3 nitrogen and oxygen atoms in total. The molecule has 0 radical (unpaired) electrons. The van der Waals surface area contributed by atoms with E-state index in [0.717, 1.165) is 21.5 Å². The lowest BCUT2D eigenvalue weighted by molar-refractivity contribution is 0.530. The number of nitrogens with zero attached hydrogens (tertiary/aromatic N) is 1. The van der Waals surface area contributed by atoms with Gasteiger partial charge in [0.1, 0.15) is 10.6 Å². The molecule has 2 atom stereocenters. The largest absolute Gasteiger partial charge is 0.598 e. The van der Waals surface area contributed by atoms with Crippen molar-refractivity contribution in [3.05, 3.63) is 65.6 Å². The molecule has 0 aliphatic heterocycles. The number of hydrogen-bond acceptors (Lipinski definition) is 3. The van der Waals surface area contributed by atoms with E-state index in [-0.39, 0.29) is 16.6 Å². The molecular formula is C21H25FN2OS2. The van der Waals surface area contributed by atoms with Crippen molar-refractivity contribution in [2.45, 2.75) is 50.3 Å². The van der Waals surface area contributed by atoms with Crippen molar-refractivity contribution < 1.29 is 8.94 Å². The lowest BCUT2D eigenvalue weighted by atomic mass is 10.1. The van der Waals surface area contributed by atoms with E-state index in [0.29, 0.717) is 5.52 Å². The van der Waals surface area contributed by atoms with Gasteiger partial charge in [-0.15, -0.1) is 4.72 Å². The smallest absolute Gasteiger partial charge is 0.148 e. The summed E-state index contributed by atoms with van der Waals surface area (Å²) in [6.45, 7) is 9.63. The SMILES string of the molecule is Cc1cc2cc([C@@H](C)N[S+]([O-])C(C)(C)C)cc(F)c2n1Sc1ccccc1. The van der Waals surface area contributed by atoms with Crippen LogP contribution in [-0.2, 0) is 11.4 Å². The summed E-state index contributed by atoms with van der Waals surface area (Å²) >= 11 is 0.289. The van der Waals surface area contributed by atoms with E-state index >= 15 is 4.39 Å². The molecule has 2 aromatic carbocycles. The Kier molecular flexibility index (Phi) is 5.91. The summed E-state index contributed by atoms with van der Waals surface area (Å²) in [5, 5.41) is 0.848. The molecular weight excluding hydrogens is 379 g/mol. The van der Waals surface area contributed by atoms with Crippen LogP contribution in [0.5, 0.6) is 0 Å². The van der Waals surface area contributed by atoms with Gasteiger partial charge in [-0.2, -0.15) is 0 Å². The lowest BCUT2D eigenvalue weighted by Gasteiger charge is -2.26. The van der Waals surface area contributed by atoms with Gasteiger partial charge in [-0.3, -0.25) is 3.97 Å². The topological polar surface area (TPSA) is 40.0 Å². The molecule has 1 N–H and O–H groups in total. The molecule has 0 saturated carbocycles. The molecule has 0 spiro atoms. The zero-order chi connectivity index (χ0) is 19.8. The van der Waals surface area contributed by atoms with Crippen LogP contribution in [0.4, 0.5) is 4.39 Å². The third-order valence-corrected chi connectivity index (χ3v) is 7.10. The molecule has 27 heavy (non-hydrogen) atoms. The Morgan fingerprint density at radius 3 is 2.44 bits per heavy atom. The molecule has 0 saturated heterocycles. The predicted molar refractivity (Wildman–Crippen MR) is 114 cm³/mol. The average molecular weight is 405 g/mol. The minimum atomic E-state index is -1.22. The van der Waals surface area contributed by atoms with Crippen LogP contribution in [-0.4, -0.2) is 13.3 Å². The predicted octanol–water partition coefficient (Wildman–Crippen LogP) is 5.76. The highest BCUT2D eigenvalue weighted by molar-refractivity contribution is 7.98. The lowest BCUT2D eigenvalue weighted by Crippen LogP contribution is -2.40. The molecule has 0 amide bonds. The minimum absolute atomic E-state index is 0.214. The first-order chi connectivity index (χ1) is 12.7. The second-order valence-corrected chi connectivity index (χ2v) is 10.7. The summed E-state index contributed by atoms with van der Waals surface area (Å²) in [4.78, 5) is 1.05. The molecule has 1 heterocycles. The Hall–Kier alpha value is -1.47. The van der Waals surface area contributed by atoms with Crippen LogP contribution in [0.15, 0.2) is 53.4 Å². The summed E-state index contributed by atoms with van der Waals surface area (Å²) < 4.78 is 32.0. The molecule has 0 bridgehead atoms. The van der Waals surface area contributed by atoms with Crippen molar-refractivity contribution in [2.75, 3.05) is 0 Å². The Bertz CT molecular complexity index is 935. The zero-order valence-corrected chi connectivity index (χ0v) is 17.9. The van der Waals surface area contributed by atoms with E-state index in [9.17, 15) is 4.55 Å². The number of benzene rings is 2. The maximum absolute atomic E-state index is 15.0. The van der Waals surface area contributed by atoms with Crippen LogP contribution >= 0.6 is 11.9 Å². The first-order valence-corrected chi connectivity index (χ1v) is 10.8. The molecule has 0 aliphatic carbocycles. The molecule has 1 aromatic heterocycles. The fraction of sp³-hybridized carbons (Fsp3) is 0.333. The van der Waals surface area contributed by atoms with Gasteiger partial charge < -0.3 is 4.55 Å². The monoisotopic (exact) mass is 404 g/mol. The van der Waals surface area contributed by atoms with Gasteiger partial charge in [0.2, 0.25) is 0 Å². The highest BCUT2D eigenvalue weighted by atomic mass is 32.2. The number of aryl methyl sites for hydroxylation is 1. The Morgan fingerprint density at radius 2 is 1.81 bits per heavy atom. The maximum atomic E-state index is 15.0. The van der Waals surface area contributed by atoms with E-state index in [1.54, 1.807) is 6.07 Å². The minimum Gasteiger partial charge on any atom is -0.598 e. The van der Waals surface area contributed by atoms with Crippen LogP contribution in [0.25, 0.3) is 10.9 Å². The third-order valence-electron chi connectivity index (χ3n) is 4.28. The zero-order valence-electron chi connectivity index (χ0n) is 16.2. The van der Waals surface area contributed by atoms with Gasteiger partial charge in [-0.1, -0.05) is 18.2 Å². The van der Waals surface area contributed by atoms with E-state index < -0.39 is 11.4 Å². The van der Waals surface area contributed by atoms with Crippen LogP contribution < -0.4 is 4.72 Å². The number of halogens is 1. The van der Waals surface area contributed by atoms with Crippen molar-refractivity contribution >= 4 is 34.2 Å². The highest BCUT2D eigenvalue weighted by Crippen LogP contribution is 2.33. The third kappa shape index (κ3) is 4.51. The summed E-state index contributed by atoms with van der Waals surface area (Å²) in [6.07, 6.45) is 0. The first kappa shape index (κ1) is 20.3. The van der Waals surface area contributed by atoms with Crippen LogP contribution in [0, 0.1) is 12.7 Å². The van der Waals surface area contributed by atoms with Crippen molar-refractivity contribution in [2.24, 2.45) is 0 Å². The number of rotatable bonds is 5. The van der Waals surface area contributed by atoms with Gasteiger partial charge in [-0.25, -0.2) is 4.39 Å². The fourth-order valence-corrected chi connectivity index (χ4v) is 4.57. The molecule has 3 rings (SSSR count). The second-order valence-electron chi connectivity index (χ2n) is 7.65. The number of fused-ring (bicyclic) bond motifs is 1. The molecule has 0 aliphatic rings. The number of hydrogen-bond donors (Lipinski definition) is 1. The molecule has 6 heteroatoms. The fourth-order valence-electron chi connectivity index (χ4n) is 2.79. The molecule has 144 valence electrons. The van der Waals surface area contributed by atoms with Crippen LogP contribution in [0.1, 0.15) is 45.0 Å². The van der Waals surface area contributed by atoms with E-state index in [1.807, 2.05) is 81.1 Å². The maximum Gasteiger partial charge on any atom is 0.148 e. The van der Waals surface area contributed by atoms with Gasteiger partial charge in [0, 0.05) is 27.3 Å². The summed E-state index contributed by atoms with van der Waals surface area (Å²) in [5.41, 5.74) is 2.35. The van der Waals surface area contributed by atoms with Gasteiger partial charge >= 0.3 is 0 Å². The number of nitrogens with one attached hydrogen (secondary N) is 1. The quantitative estimate of drug-likeness (QED) is 0.550. The Labute approximate surface area is 167 Å². The van der Waals surface area contributed by atoms with E-state index in [4.69, 9.17) is 0 Å².